The molecule has 0 aromatic heterocycles. The quantitative estimate of drug-likeness (QED) is 0.584. The lowest BCUT2D eigenvalue weighted by molar-refractivity contribution is -0.162. The summed E-state index contributed by atoms with van der Waals surface area (Å²) in [4.78, 5) is 22.8. The van der Waals surface area contributed by atoms with Crippen LogP contribution in [0, 0.1) is 11.8 Å². The molecule has 5 heteroatoms. The molecular formula is C19H26O5. The molecule has 0 bridgehead atoms. The molecule has 1 aromatic carbocycles. The van der Waals surface area contributed by atoms with Crippen molar-refractivity contribution in [2.45, 2.75) is 45.1 Å². The fraction of sp³-hybridized carbons (Fsp3) is 0.579. The fourth-order valence-electron chi connectivity index (χ4n) is 3.17. The van der Waals surface area contributed by atoms with E-state index < -0.39 is 17.9 Å². The highest BCUT2D eigenvalue weighted by Gasteiger charge is 2.30. The third kappa shape index (κ3) is 5.64. The van der Waals surface area contributed by atoms with Crippen LogP contribution in [0.3, 0.4) is 0 Å². The van der Waals surface area contributed by atoms with Gasteiger partial charge in [0.15, 0.2) is 5.92 Å². The van der Waals surface area contributed by atoms with E-state index in [2.05, 4.69) is 24.3 Å². The lowest BCUT2D eigenvalue weighted by atomic mass is 9.83. The van der Waals surface area contributed by atoms with Gasteiger partial charge in [-0.1, -0.05) is 30.3 Å². The standard InChI is InChI=1S/C19H26O5/c1-2-23-19(22)17(18(20)21)13-24-16-10-8-15(9-11-16)12-14-6-4-3-5-7-14/h3-7,15-17H,2,8-13H2,1H3,(H,20,21). The second-order valence-corrected chi connectivity index (χ2v) is 6.31. The summed E-state index contributed by atoms with van der Waals surface area (Å²) in [5, 5.41) is 9.13. The SMILES string of the molecule is CCOC(=O)C(COC1CCC(Cc2ccccc2)CC1)C(=O)O. The minimum Gasteiger partial charge on any atom is -0.481 e. The van der Waals surface area contributed by atoms with E-state index in [1.165, 1.54) is 5.56 Å². The van der Waals surface area contributed by atoms with Crippen molar-refractivity contribution >= 4 is 11.9 Å². The van der Waals surface area contributed by atoms with Crippen LogP contribution in [0.5, 0.6) is 0 Å². The fourth-order valence-corrected chi connectivity index (χ4v) is 3.17. The molecule has 132 valence electrons. The zero-order valence-corrected chi connectivity index (χ0v) is 14.1. The molecule has 0 amide bonds. The number of hydrogen-bond donors (Lipinski definition) is 1. The van der Waals surface area contributed by atoms with Gasteiger partial charge in [-0.05, 0) is 50.5 Å². The number of carbonyl (C=O) groups is 2. The Morgan fingerprint density at radius 2 is 1.83 bits per heavy atom. The number of carboxylic acid groups (broad SMARTS) is 1. The Bertz CT molecular complexity index is 520. The zero-order chi connectivity index (χ0) is 17.4. The maximum atomic E-state index is 11.6. The van der Waals surface area contributed by atoms with Crippen molar-refractivity contribution in [2.24, 2.45) is 11.8 Å². The minimum atomic E-state index is -1.23. The Morgan fingerprint density at radius 3 is 2.42 bits per heavy atom. The molecule has 0 aliphatic heterocycles. The molecule has 1 aliphatic rings. The van der Waals surface area contributed by atoms with E-state index in [-0.39, 0.29) is 19.3 Å². The van der Waals surface area contributed by atoms with Crippen LogP contribution in [0.1, 0.15) is 38.2 Å². The molecule has 0 radical (unpaired) electrons. The van der Waals surface area contributed by atoms with Crippen molar-refractivity contribution < 1.29 is 24.2 Å². The zero-order valence-electron chi connectivity index (χ0n) is 14.1. The number of carboxylic acids is 1. The molecule has 1 fully saturated rings. The van der Waals surface area contributed by atoms with E-state index in [1.54, 1.807) is 6.92 Å². The van der Waals surface area contributed by atoms with E-state index in [0.29, 0.717) is 5.92 Å². The Labute approximate surface area is 143 Å². The number of benzene rings is 1. The molecule has 1 aromatic rings. The van der Waals surface area contributed by atoms with E-state index >= 15 is 0 Å². The van der Waals surface area contributed by atoms with Gasteiger partial charge >= 0.3 is 11.9 Å². The Balaban J connectivity index is 1.74. The first-order valence-corrected chi connectivity index (χ1v) is 8.65. The van der Waals surface area contributed by atoms with Gasteiger partial charge in [0.1, 0.15) is 0 Å². The van der Waals surface area contributed by atoms with Crippen LogP contribution in [-0.4, -0.2) is 36.4 Å². The summed E-state index contributed by atoms with van der Waals surface area (Å²) in [5.41, 5.74) is 1.36. The van der Waals surface area contributed by atoms with Gasteiger partial charge < -0.3 is 14.6 Å². The van der Waals surface area contributed by atoms with Gasteiger partial charge in [-0.3, -0.25) is 9.59 Å². The van der Waals surface area contributed by atoms with Crippen molar-refractivity contribution in [1.82, 2.24) is 0 Å². The number of carbonyl (C=O) groups excluding carboxylic acids is 1. The lowest BCUT2D eigenvalue weighted by Gasteiger charge is -2.29. The van der Waals surface area contributed by atoms with Crippen LogP contribution in [0.25, 0.3) is 0 Å². The van der Waals surface area contributed by atoms with Crippen molar-refractivity contribution in [3.05, 3.63) is 35.9 Å². The smallest absolute Gasteiger partial charge is 0.322 e. The summed E-state index contributed by atoms with van der Waals surface area (Å²) in [6.07, 6.45) is 5.06. The molecule has 1 saturated carbocycles. The Hall–Kier alpha value is -1.88. The van der Waals surface area contributed by atoms with E-state index in [9.17, 15) is 9.59 Å². The van der Waals surface area contributed by atoms with Gasteiger partial charge in [-0.15, -0.1) is 0 Å². The second-order valence-electron chi connectivity index (χ2n) is 6.31. The molecule has 0 spiro atoms. The van der Waals surface area contributed by atoms with Crippen molar-refractivity contribution in [3.63, 3.8) is 0 Å². The summed E-state index contributed by atoms with van der Waals surface area (Å²) < 4.78 is 10.5. The normalized spacial score (nSPS) is 21.9. The average molecular weight is 334 g/mol. The van der Waals surface area contributed by atoms with Crippen molar-refractivity contribution in [1.29, 1.82) is 0 Å². The molecule has 1 atom stereocenters. The molecule has 0 heterocycles. The second kappa shape index (κ2) is 9.42. The summed E-state index contributed by atoms with van der Waals surface area (Å²) in [5.74, 6) is -2.49. The van der Waals surface area contributed by atoms with Gasteiger partial charge in [0.2, 0.25) is 0 Å². The van der Waals surface area contributed by atoms with Crippen LogP contribution in [0.15, 0.2) is 30.3 Å². The first-order valence-electron chi connectivity index (χ1n) is 8.65. The van der Waals surface area contributed by atoms with Gasteiger partial charge in [-0.25, -0.2) is 0 Å². The predicted octanol–water partition coefficient (Wildman–Crippen LogP) is 3.07. The van der Waals surface area contributed by atoms with Crippen LogP contribution in [0.4, 0.5) is 0 Å². The Morgan fingerprint density at radius 1 is 1.17 bits per heavy atom. The van der Waals surface area contributed by atoms with Crippen LogP contribution in [-0.2, 0) is 25.5 Å². The van der Waals surface area contributed by atoms with Gasteiger partial charge in [0.25, 0.3) is 0 Å². The van der Waals surface area contributed by atoms with Crippen LogP contribution >= 0.6 is 0 Å². The average Bonchev–Trinajstić information content (AvgIpc) is 2.57. The maximum absolute atomic E-state index is 11.6. The predicted molar refractivity (Wildman–Crippen MR) is 89.6 cm³/mol. The molecular weight excluding hydrogens is 308 g/mol. The lowest BCUT2D eigenvalue weighted by Crippen LogP contribution is -2.33. The Kier molecular flexibility index (Phi) is 7.25. The summed E-state index contributed by atoms with van der Waals surface area (Å²) in [6.45, 7) is 1.72. The number of hydrogen-bond acceptors (Lipinski definition) is 4. The summed E-state index contributed by atoms with van der Waals surface area (Å²) >= 11 is 0. The molecule has 1 N–H and O–H groups in total. The van der Waals surface area contributed by atoms with E-state index in [1.807, 2.05) is 6.07 Å². The number of ether oxygens (including phenoxy) is 2. The molecule has 5 nitrogen and oxygen atoms in total. The first-order chi connectivity index (χ1) is 11.6. The molecule has 1 aliphatic carbocycles. The highest BCUT2D eigenvalue weighted by atomic mass is 16.5. The number of esters is 1. The molecule has 1 unspecified atom stereocenters. The van der Waals surface area contributed by atoms with Gasteiger partial charge in [-0.2, -0.15) is 0 Å². The highest BCUT2D eigenvalue weighted by molar-refractivity contribution is 5.94. The largest absolute Gasteiger partial charge is 0.481 e. The monoisotopic (exact) mass is 334 g/mol. The maximum Gasteiger partial charge on any atom is 0.322 e. The van der Waals surface area contributed by atoms with E-state index in [0.717, 1.165) is 32.1 Å². The summed E-state index contributed by atoms with van der Waals surface area (Å²) in [6, 6.07) is 10.5. The van der Waals surface area contributed by atoms with Crippen molar-refractivity contribution in [2.75, 3.05) is 13.2 Å². The highest BCUT2D eigenvalue weighted by Crippen LogP contribution is 2.29. The third-order valence-electron chi connectivity index (χ3n) is 4.53. The van der Waals surface area contributed by atoms with Crippen molar-refractivity contribution in [3.8, 4) is 0 Å². The van der Waals surface area contributed by atoms with Crippen LogP contribution < -0.4 is 0 Å². The third-order valence-corrected chi connectivity index (χ3v) is 4.53. The van der Waals surface area contributed by atoms with Gasteiger partial charge in [0.05, 0.1) is 19.3 Å². The van der Waals surface area contributed by atoms with Crippen LogP contribution in [0.2, 0.25) is 0 Å². The number of aliphatic carboxylic acids is 1. The first kappa shape index (κ1) is 18.5. The van der Waals surface area contributed by atoms with Gasteiger partial charge in [0, 0.05) is 0 Å². The van der Waals surface area contributed by atoms with E-state index in [4.69, 9.17) is 14.6 Å². The number of rotatable bonds is 8. The molecule has 0 saturated heterocycles. The molecule has 24 heavy (non-hydrogen) atoms. The topological polar surface area (TPSA) is 72.8 Å². The molecule has 2 rings (SSSR count). The summed E-state index contributed by atoms with van der Waals surface area (Å²) in [7, 11) is 0. The minimum absolute atomic E-state index is 0.0355.